The van der Waals surface area contributed by atoms with Gasteiger partial charge in [-0.1, -0.05) is 170 Å². The van der Waals surface area contributed by atoms with Crippen LogP contribution in [0.25, 0.3) is 72.0 Å². The van der Waals surface area contributed by atoms with Crippen LogP contribution in [-0.2, 0) is 0 Å². The molecular weight excluding hydrogens is 677 g/mol. The molecule has 0 N–H and O–H groups in total. The van der Waals surface area contributed by atoms with E-state index in [4.69, 9.17) is 0 Å². The second kappa shape index (κ2) is 14.4. The summed E-state index contributed by atoms with van der Waals surface area (Å²) in [7, 11) is 0. The minimum absolute atomic E-state index is 1.09. The fourth-order valence-electron chi connectivity index (χ4n) is 8.18. The van der Waals surface area contributed by atoms with Crippen molar-refractivity contribution in [3.8, 4) is 50.2 Å². The van der Waals surface area contributed by atoms with E-state index in [0.717, 1.165) is 22.7 Å². The maximum absolute atomic E-state index is 2.42. The molecule has 0 saturated carbocycles. The van der Waals surface area contributed by atoms with Crippen molar-refractivity contribution >= 4 is 38.9 Å². The number of anilines is 3. The van der Waals surface area contributed by atoms with Gasteiger partial charge in [0.05, 0.1) is 16.7 Å². The van der Waals surface area contributed by atoms with Gasteiger partial charge in [0.2, 0.25) is 0 Å². The largest absolute Gasteiger partial charge is 0.310 e. The van der Waals surface area contributed by atoms with Crippen LogP contribution in [0.2, 0.25) is 0 Å². The average molecular weight is 715 g/mol. The summed E-state index contributed by atoms with van der Waals surface area (Å²) in [6, 6.07) is 83.0. The second-order valence-electron chi connectivity index (χ2n) is 14.2. The van der Waals surface area contributed by atoms with Gasteiger partial charge in [0.1, 0.15) is 0 Å². The van der Waals surface area contributed by atoms with Gasteiger partial charge in [-0.2, -0.15) is 0 Å². The first kappa shape index (κ1) is 33.2. The number of benzene rings is 9. The number of hydrogen-bond donors (Lipinski definition) is 0. The third kappa shape index (κ3) is 6.04. The summed E-state index contributed by atoms with van der Waals surface area (Å²) in [5.41, 5.74) is 16.4. The molecule has 2 nitrogen and oxygen atoms in total. The zero-order chi connectivity index (χ0) is 37.3. The first-order valence-electron chi connectivity index (χ1n) is 19.2. The van der Waals surface area contributed by atoms with E-state index in [9.17, 15) is 0 Å². The molecule has 0 aliphatic rings. The quantitative estimate of drug-likeness (QED) is 0.152. The summed E-state index contributed by atoms with van der Waals surface area (Å²) in [5.74, 6) is 0. The van der Waals surface area contributed by atoms with Crippen LogP contribution in [0.4, 0.5) is 17.1 Å². The number of aromatic nitrogens is 1. The van der Waals surface area contributed by atoms with Crippen molar-refractivity contribution < 1.29 is 0 Å². The molecule has 2 heteroatoms. The van der Waals surface area contributed by atoms with Crippen molar-refractivity contribution in [3.63, 3.8) is 0 Å². The third-order valence-electron chi connectivity index (χ3n) is 10.8. The molecule has 1 heterocycles. The lowest BCUT2D eigenvalue weighted by molar-refractivity contribution is 1.18. The summed E-state index contributed by atoms with van der Waals surface area (Å²) in [4.78, 5) is 2.42. The fraction of sp³-hybridized carbons (Fsp3) is 0. The smallest absolute Gasteiger partial charge is 0.0547 e. The summed E-state index contributed by atoms with van der Waals surface area (Å²) >= 11 is 0. The lowest BCUT2D eigenvalue weighted by Crippen LogP contribution is -2.11. The van der Waals surface area contributed by atoms with Gasteiger partial charge in [-0.3, -0.25) is 0 Å². The highest BCUT2D eigenvalue weighted by molar-refractivity contribution is 6.16. The van der Waals surface area contributed by atoms with Gasteiger partial charge in [0.25, 0.3) is 0 Å². The Balaban J connectivity index is 1.18. The Bertz CT molecular complexity index is 2930. The van der Waals surface area contributed by atoms with Crippen LogP contribution in [0.1, 0.15) is 0 Å². The highest BCUT2D eigenvalue weighted by Gasteiger charge is 2.21. The molecule has 0 aliphatic heterocycles. The maximum Gasteiger partial charge on any atom is 0.0547 e. The molecule has 0 aliphatic carbocycles. The van der Waals surface area contributed by atoms with E-state index in [2.05, 4.69) is 240 Å². The molecule has 10 aromatic rings. The Hall–Kier alpha value is -7.42. The Kier molecular flexibility index (Phi) is 8.55. The molecule has 264 valence electrons. The van der Waals surface area contributed by atoms with Gasteiger partial charge >= 0.3 is 0 Å². The minimum atomic E-state index is 1.09. The predicted molar refractivity (Wildman–Crippen MR) is 237 cm³/mol. The van der Waals surface area contributed by atoms with E-state index in [1.165, 1.54) is 66.3 Å². The lowest BCUT2D eigenvalue weighted by atomic mass is 9.98. The van der Waals surface area contributed by atoms with Crippen molar-refractivity contribution in [2.45, 2.75) is 0 Å². The Morgan fingerprint density at radius 3 is 1.48 bits per heavy atom. The van der Waals surface area contributed by atoms with Crippen molar-refractivity contribution in [1.29, 1.82) is 0 Å². The highest BCUT2D eigenvalue weighted by Crippen LogP contribution is 2.45. The summed E-state index contributed by atoms with van der Waals surface area (Å²) in [6.45, 7) is 0. The van der Waals surface area contributed by atoms with Gasteiger partial charge < -0.3 is 9.47 Å². The van der Waals surface area contributed by atoms with Crippen molar-refractivity contribution in [2.24, 2.45) is 0 Å². The van der Waals surface area contributed by atoms with Gasteiger partial charge in [-0.25, -0.2) is 0 Å². The van der Waals surface area contributed by atoms with E-state index in [-0.39, 0.29) is 0 Å². The molecule has 0 amide bonds. The van der Waals surface area contributed by atoms with E-state index in [1.807, 2.05) is 0 Å². The molecule has 0 fully saturated rings. The monoisotopic (exact) mass is 714 g/mol. The molecule has 0 unspecified atom stereocenters. The topological polar surface area (TPSA) is 8.17 Å². The molecule has 56 heavy (non-hydrogen) atoms. The number of fused-ring (bicyclic) bond motifs is 3. The van der Waals surface area contributed by atoms with Gasteiger partial charge in [-0.15, -0.1) is 0 Å². The Labute approximate surface area is 327 Å². The van der Waals surface area contributed by atoms with Crippen molar-refractivity contribution in [1.82, 2.24) is 4.57 Å². The summed E-state index contributed by atoms with van der Waals surface area (Å²) < 4.78 is 2.40. The van der Waals surface area contributed by atoms with Gasteiger partial charge in [0, 0.05) is 33.4 Å². The van der Waals surface area contributed by atoms with Crippen LogP contribution in [0.3, 0.4) is 0 Å². The number of nitrogens with zero attached hydrogens (tertiary/aromatic N) is 2. The van der Waals surface area contributed by atoms with Crippen LogP contribution in [0, 0.1) is 0 Å². The van der Waals surface area contributed by atoms with Crippen LogP contribution in [0.5, 0.6) is 0 Å². The Morgan fingerprint density at radius 1 is 0.304 bits per heavy atom. The first-order chi connectivity index (χ1) is 27.8. The molecule has 9 aromatic carbocycles. The van der Waals surface area contributed by atoms with Crippen LogP contribution >= 0.6 is 0 Å². The summed E-state index contributed by atoms with van der Waals surface area (Å²) in [5, 5.41) is 2.45. The number of para-hydroxylation sites is 2. The van der Waals surface area contributed by atoms with E-state index >= 15 is 0 Å². The van der Waals surface area contributed by atoms with Crippen molar-refractivity contribution in [3.05, 3.63) is 231 Å². The molecular formula is C54H38N2. The zero-order valence-electron chi connectivity index (χ0n) is 30.8. The molecule has 1 aromatic heterocycles. The number of hydrogen-bond acceptors (Lipinski definition) is 1. The normalized spacial score (nSPS) is 11.2. The maximum atomic E-state index is 2.42. The molecule has 0 radical (unpaired) electrons. The second-order valence-corrected chi connectivity index (χ2v) is 14.2. The fourth-order valence-corrected chi connectivity index (χ4v) is 8.18. The van der Waals surface area contributed by atoms with Crippen LogP contribution in [-0.4, -0.2) is 4.57 Å². The molecule has 0 saturated heterocycles. The van der Waals surface area contributed by atoms with E-state index in [0.29, 0.717) is 0 Å². The first-order valence-corrected chi connectivity index (χ1v) is 19.2. The van der Waals surface area contributed by atoms with Crippen molar-refractivity contribution in [2.75, 3.05) is 4.90 Å². The van der Waals surface area contributed by atoms with E-state index < -0.39 is 0 Å². The lowest BCUT2D eigenvalue weighted by Gasteiger charge is -2.28. The standard InChI is InChI=1S/C54H38N2/c1-5-17-39(18-6-1)43-23-15-24-44(37-43)40-31-33-46(34-32-40)55(51-29-14-13-27-48(51)41-19-7-2-8-20-41)47-35-36-52-50(38-47)54-49(42-21-9-3-10-22-42)28-16-30-53(54)56(52)45-25-11-4-12-26-45/h1-38H. The average Bonchev–Trinajstić information content (AvgIpc) is 3.62. The third-order valence-corrected chi connectivity index (χ3v) is 10.8. The van der Waals surface area contributed by atoms with Crippen LogP contribution < -0.4 is 4.90 Å². The van der Waals surface area contributed by atoms with E-state index in [1.54, 1.807) is 0 Å². The highest BCUT2D eigenvalue weighted by atomic mass is 15.1. The molecule has 0 bridgehead atoms. The Morgan fingerprint density at radius 2 is 0.804 bits per heavy atom. The van der Waals surface area contributed by atoms with Gasteiger partial charge in [-0.05, 0) is 99.6 Å². The summed E-state index contributed by atoms with van der Waals surface area (Å²) in [6.07, 6.45) is 0. The minimum Gasteiger partial charge on any atom is -0.310 e. The zero-order valence-corrected chi connectivity index (χ0v) is 30.8. The SMILES string of the molecule is c1ccc(-c2cccc(-c3ccc(N(c4ccc5c(c4)c4c(-c6ccccc6)cccc4n5-c4ccccc4)c4ccccc4-c4ccccc4)cc3)c2)cc1. The van der Waals surface area contributed by atoms with Crippen LogP contribution in [0.15, 0.2) is 231 Å². The molecule has 0 spiro atoms. The molecule has 10 rings (SSSR count). The predicted octanol–water partition coefficient (Wildman–Crippen LogP) is 14.9. The van der Waals surface area contributed by atoms with Gasteiger partial charge in [0.15, 0.2) is 0 Å². The molecule has 0 atom stereocenters. The number of rotatable bonds is 8.